The first-order valence-corrected chi connectivity index (χ1v) is 6.34. The van der Waals surface area contributed by atoms with Crippen molar-refractivity contribution in [3.63, 3.8) is 0 Å². The molecule has 0 aliphatic rings. The van der Waals surface area contributed by atoms with E-state index >= 15 is 0 Å². The van der Waals surface area contributed by atoms with Crippen molar-refractivity contribution in [1.29, 1.82) is 0 Å². The van der Waals surface area contributed by atoms with Crippen LogP contribution >= 0.6 is 11.3 Å². The van der Waals surface area contributed by atoms with Crippen LogP contribution in [0, 0.1) is 6.92 Å². The minimum Gasteiger partial charge on any atom is -0.370 e. The number of nitrogens with one attached hydrogen (secondary N) is 1. The molecule has 4 nitrogen and oxygen atoms in total. The zero-order chi connectivity index (χ0) is 14.0. The van der Waals surface area contributed by atoms with Gasteiger partial charge in [0.2, 0.25) is 0 Å². The molecule has 0 aliphatic heterocycles. The molecule has 0 atom stereocenters. The van der Waals surface area contributed by atoms with Gasteiger partial charge in [0.25, 0.3) is 0 Å². The second kappa shape index (κ2) is 5.12. The van der Waals surface area contributed by atoms with Gasteiger partial charge in [-0.2, -0.15) is 13.2 Å². The molecule has 102 valence electrons. The summed E-state index contributed by atoms with van der Waals surface area (Å²) in [5.41, 5.74) is 1.18. The van der Waals surface area contributed by atoms with Crippen molar-refractivity contribution in [2.24, 2.45) is 0 Å². The van der Waals surface area contributed by atoms with E-state index in [1.165, 1.54) is 12.5 Å². The molecule has 19 heavy (non-hydrogen) atoms. The summed E-state index contributed by atoms with van der Waals surface area (Å²) >= 11 is 0.580. The zero-order valence-corrected chi connectivity index (χ0v) is 11.1. The fourth-order valence-corrected chi connectivity index (χ4v) is 2.40. The zero-order valence-electron chi connectivity index (χ0n) is 10.2. The van der Waals surface area contributed by atoms with Crippen LogP contribution in [0.5, 0.6) is 0 Å². The predicted octanol–water partition coefficient (Wildman–Crippen LogP) is 3.36. The van der Waals surface area contributed by atoms with E-state index in [1.54, 1.807) is 6.92 Å². The van der Waals surface area contributed by atoms with E-state index < -0.39 is 11.2 Å². The second-order valence-corrected chi connectivity index (χ2v) is 4.78. The molecule has 0 amide bonds. The van der Waals surface area contributed by atoms with Crippen molar-refractivity contribution >= 4 is 17.2 Å². The van der Waals surface area contributed by atoms with Crippen LogP contribution in [0.25, 0.3) is 10.6 Å². The monoisotopic (exact) mass is 288 g/mol. The largest absolute Gasteiger partial charge is 0.443 e. The van der Waals surface area contributed by atoms with Crippen molar-refractivity contribution in [1.82, 2.24) is 15.0 Å². The van der Waals surface area contributed by atoms with Gasteiger partial charge in [-0.15, -0.1) is 11.3 Å². The molecule has 0 unspecified atom stereocenters. The first-order chi connectivity index (χ1) is 8.93. The van der Waals surface area contributed by atoms with Crippen LogP contribution in [-0.2, 0) is 6.18 Å². The Morgan fingerprint density at radius 3 is 2.58 bits per heavy atom. The van der Waals surface area contributed by atoms with Gasteiger partial charge in [0.1, 0.15) is 12.1 Å². The van der Waals surface area contributed by atoms with E-state index in [4.69, 9.17) is 0 Å². The minimum absolute atomic E-state index is 0.381. The normalized spacial score (nSPS) is 11.6. The topological polar surface area (TPSA) is 50.7 Å². The lowest BCUT2D eigenvalue weighted by Crippen LogP contribution is -2.03. The average molecular weight is 288 g/mol. The smallest absolute Gasteiger partial charge is 0.370 e. The Bertz CT molecular complexity index is 580. The van der Waals surface area contributed by atoms with E-state index in [2.05, 4.69) is 20.3 Å². The molecular formula is C11H11F3N4S. The fourth-order valence-electron chi connectivity index (χ4n) is 1.56. The second-order valence-electron chi connectivity index (χ2n) is 3.75. The molecule has 0 fully saturated rings. The van der Waals surface area contributed by atoms with Gasteiger partial charge in [0, 0.05) is 18.3 Å². The van der Waals surface area contributed by atoms with Crippen LogP contribution in [0.15, 0.2) is 12.5 Å². The van der Waals surface area contributed by atoms with Crippen molar-refractivity contribution in [2.45, 2.75) is 20.0 Å². The molecule has 0 saturated carbocycles. The maximum absolute atomic E-state index is 12.5. The Labute approximate surface area is 111 Å². The predicted molar refractivity (Wildman–Crippen MR) is 67.0 cm³/mol. The van der Waals surface area contributed by atoms with Gasteiger partial charge in [-0.1, -0.05) is 0 Å². The Hall–Kier alpha value is -1.70. The molecule has 2 rings (SSSR count). The van der Waals surface area contributed by atoms with E-state index in [0.717, 1.165) is 0 Å². The van der Waals surface area contributed by atoms with Crippen LogP contribution in [-0.4, -0.2) is 21.5 Å². The molecule has 0 bridgehead atoms. The van der Waals surface area contributed by atoms with Crippen molar-refractivity contribution in [2.75, 3.05) is 11.9 Å². The van der Waals surface area contributed by atoms with E-state index in [-0.39, 0.29) is 0 Å². The van der Waals surface area contributed by atoms with Crippen molar-refractivity contribution < 1.29 is 13.2 Å². The number of halogens is 3. The van der Waals surface area contributed by atoms with Gasteiger partial charge in [-0.25, -0.2) is 15.0 Å². The number of anilines is 1. The molecule has 0 aromatic carbocycles. The summed E-state index contributed by atoms with van der Waals surface area (Å²) in [6.45, 7) is 4.35. The number of alkyl halides is 3. The van der Waals surface area contributed by atoms with Gasteiger partial charge in [0.15, 0.2) is 5.01 Å². The molecule has 2 aromatic heterocycles. The molecule has 0 radical (unpaired) electrons. The van der Waals surface area contributed by atoms with Crippen LogP contribution in [0.4, 0.5) is 19.0 Å². The van der Waals surface area contributed by atoms with Gasteiger partial charge >= 0.3 is 6.18 Å². The molecule has 0 aliphatic carbocycles. The summed E-state index contributed by atoms with van der Waals surface area (Å²) in [6.07, 6.45) is -1.90. The highest BCUT2D eigenvalue weighted by atomic mass is 32.1. The lowest BCUT2D eigenvalue weighted by molar-refractivity contribution is -0.137. The quantitative estimate of drug-likeness (QED) is 0.941. The number of hydrogen-bond donors (Lipinski definition) is 1. The lowest BCUT2D eigenvalue weighted by Gasteiger charge is -2.08. The average Bonchev–Trinajstić information content (AvgIpc) is 2.81. The van der Waals surface area contributed by atoms with E-state index in [9.17, 15) is 13.2 Å². The number of nitrogens with zero attached hydrogens (tertiary/aromatic N) is 3. The van der Waals surface area contributed by atoms with Crippen LogP contribution in [0.2, 0.25) is 0 Å². The number of hydrogen-bond acceptors (Lipinski definition) is 5. The molecule has 0 spiro atoms. The number of rotatable bonds is 3. The van der Waals surface area contributed by atoms with Crippen LogP contribution < -0.4 is 5.32 Å². The maximum atomic E-state index is 12.5. The van der Waals surface area contributed by atoms with Crippen LogP contribution in [0.1, 0.15) is 17.5 Å². The van der Waals surface area contributed by atoms with E-state index in [1.807, 2.05) is 6.92 Å². The first-order valence-electron chi connectivity index (χ1n) is 5.52. The third-order valence-corrected chi connectivity index (χ3v) is 3.46. The standard InChI is InChI=1S/C11H11F3N4S/c1-3-15-9-6(2)8(17-5-18-9)7-4-16-10(19-7)11(12,13)14/h4-5H,3H2,1-2H3,(H,15,17,18). The third kappa shape index (κ3) is 2.83. The molecule has 8 heteroatoms. The summed E-state index contributed by atoms with van der Waals surface area (Å²) in [5, 5.41) is 2.16. The fraction of sp³-hybridized carbons (Fsp3) is 0.364. The SMILES string of the molecule is CCNc1ncnc(-c2cnc(C(F)(F)F)s2)c1C. The highest BCUT2D eigenvalue weighted by Crippen LogP contribution is 2.37. The summed E-state index contributed by atoms with van der Waals surface area (Å²) in [4.78, 5) is 11.9. The minimum atomic E-state index is -4.42. The molecular weight excluding hydrogens is 277 g/mol. The highest BCUT2D eigenvalue weighted by molar-refractivity contribution is 7.15. The van der Waals surface area contributed by atoms with Crippen molar-refractivity contribution in [3.05, 3.63) is 23.1 Å². The Kier molecular flexibility index (Phi) is 3.70. The molecule has 2 aromatic rings. The summed E-state index contributed by atoms with van der Waals surface area (Å²) in [6, 6.07) is 0. The molecule has 2 heterocycles. The van der Waals surface area contributed by atoms with Gasteiger partial charge in [0.05, 0.1) is 10.6 Å². The summed E-state index contributed by atoms with van der Waals surface area (Å²) in [7, 11) is 0. The Morgan fingerprint density at radius 1 is 1.26 bits per heavy atom. The van der Waals surface area contributed by atoms with Crippen LogP contribution in [0.3, 0.4) is 0 Å². The Morgan fingerprint density at radius 2 is 2.00 bits per heavy atom. The van der Waals surface area contributed by atoms with Gasteiger partial charge in [-0.3, -0.25) is 0 Å². The van der Waals surface area contributed by atoms with Gasteiger partial charge in [-0.05, 0) is 13.8 Å². The third-order valence-electron chi connectivity index (χ3n) is 2.41. The molecule has 0 saturated heterocycles. The molecule has 1 N–H and O–H groups in total. The van der Waals surface area contributed by atoms with Crippen molar-refractivity contribution in [3.8, 4) is 10.6 Å². The Balaban J connectivity index is 2.42. The van der Waals surface area contributed by atoms with E-state index in [0.29, 0.717) is 39.8 Å². The summed E-state index contributed by atoms with van der Waals surface area (Å²) in [5.74, 6) is 0.620. The summed E-state index contributed by atoms with van der Waals surface area (Å²) < 4.78 is 37.6. The van der Waals surface area contributed by atoms with Gasteiger partial charge < -0.3 is 5.32 Å². The lowest BCUT2D eigenvalue weighted by atomic mass is 10.2. The maximum Gasteiger partial charge on any atom is 0.443 e. The highest BCUT2D eigenvalue weighted by Gasteiger charge is 2.35. The number of aromatic nitrogens is 3. The first kappa shape index (κ1) is 13.7. The number of thiazole rings is 1.